The van der Waals surface area contributed by atoms with Crippen LogP contribution >= 0.6 is 11.3 Å². The lowest BCUT2D eigenvalue weighted by atomic mass is 10.1. The molecule has 1 unspecified atom stereocenters. The van der Waals surface area contributed by atoms with Gasteiger partial charge in [0.2, 0.25) is 11.8 Å². The molecule has 1 aliphatic heterocycles. The van der Waals surface area contributed by atoms with Gasteiger partial charge in [0.25, 0.3) is 0 Å². The molecule has 1 aromatic heterocycles. The maximum Gasteiger partial charge on any atom is 0.231 e. The second-order valence-corrected chi connectivity index (χ2v) is 7.01. The summed E-state index contributed by atoms with van der Waals surface area (Å²) in [5, 5.41) is 3.45. The number of hydrogen-bond acceptors (Lipinski definition) is 4. The number of nitrogens with one attached hydrogen (secondary N) is 1. The highest BCUT2D eigenvalue weighted by Crippen LogP contribution is 2.25. The summed E-state index contributed by atoms with van der Waals surface area (Å²) in [5.74, 6) is -0.404. The van der Waals surface area contributed by atoms with Gasteiger partial charge in [0, 0.05) is 24.4 Å². The molecule has 1 atom stereocenters. The molecule has 3 rings (SSSR count). The Morgan fingerprint density at radius 1 is 1.35 bits per heavy atom. The lowest BCUT2D eigenvalue weighted by molar-refractivity contribution is -0.128. The van der Waals surface area contributed by atoms with Crippen molar-refractivity contribution in [2.24, 2.45) is 5.92 Å². The Hall–Kier alpha value is -2.21. The predicted octanol–water partition coefficient (Wildman–Crippen LogP) is 2.75. The number of hydrogen-bond donors (Lipinski definition) is 1. The van der Waals surface area contributed by atoms with E-state index < -0.39 is 0 Å². The number of aromatic nitrogens is 1. The highest BCUT2D eigenvalue weighted by atomic mass is 32.1. The normalized spacial score (nSPS) is 17.6. The zero-order chi connectivity index (χ0) is 16.4. The zero-order valence-corrected chi connectivity index (χ0v) is 14.0. The molecule has 120 valence electrons. The highest BCUT2D eigenvalue weighted by molar-refractivity contribution is 7.15. The molecule has 0 radical (unpaired) electrons. The fraction of sp³-hybridized carbons (Fsp3) is 0.353. The van der Waals surface area contributed by atoms with Crippen LogP contribution < -0.4 is 5.32 Å². The molecule has 2 heterocycles. The van der Waals surface area contributed by atoms with Crippen molar-refractivity contribution in [3.8, 4) is 0 Å². The third-order valence-electron chi connectivity index (χ3n) is 4.06. The second-order valence-electron chi connectivity index (χ2n) is 5.81. The van der Waals surface area contributed by atoms with E-state index in [1.165, 1.54) is 11.3 Å². The third-order valence-corrected chi connectivity index (χ3v) is 5.05. The van der Waals surface area contributed by atoms with Crippen molar-refractivity contribution in [3.05, 3.63) is 46.5 Å². The Kier molecular flexibility index (Phi) is 4.43. The molecule has 5 nitrogen and oxygen atoms in total. The quantitative estimate of drug-likeness (QED) is 0.938. The molecule has 1 aliphatic rings. The molecular weight excluding hydrogens is 310 g/mol. The first-order valence-corrected chi connectivity index (χ1v) is 8.41. The number of rotatable bonds is 4. The van der Waals surface area contributed by atoms with E-state index in [0.717, 1.165) is 16.1 Å². The van der Waals surface area contributed by atoms with Crippen LogP contribution in [0.25, 0.3) is 0 Å². The van der Waals surface area contributed by atoms with Crippen LogP contribution in [0.1, 0.15) is 22.6 Å². The van der Waals surface area contributed by atoms with Crippen LogP contribution in [0.5, 0.6) is 0 Å². The standard InChI is InChI=1S/C17H19N3O2S/c1-11-12(2)23-17(18-11)19-16(22)14-8-15(21)20(10-14)9-13-6-4-3-5-7-13/h3-7,14H,8-10H2,1-2H3,(H,18,19,22). The first-order chi connectivity index (χ1) is 11.0. The van der Waals surface area contributed by atoms with Crippen LogP contribution in [-0.2, 0) is 16.1 Å². The van der Waals surface area contributed by atoms with Crippen molar-refractivity contribution in [1.82, 2.24) is 9.88 Å². The highest BCUT2D eigenvalue weighted by Gasteiger charge is 2.34. The van der Waals surface area contributed by atoms with Crippen molar-refractivity contribution in [1.29, 1.82) is 0 Å². The van der Waals surface area contributed by atoms with Crippen molar-refractivity contribution in [3.63, 3.8) is 0 Å². The molecule has 2 aromatic rings. The van der Waals surface area contributed by atoms with Crippen molar-refractivity contribution < 1.29 is 9.59 Å². The number of aryl methyl sites for hydroxylation is 2. The minimum Gasteiger partial charge on any atom is -0.338 e. The van der Waals surface area contributed by atoms with Gasteiger partial charge in [-0.1, -0.05) is 30.3 Å². The lowest BCUT2D eigenvalue weighted by Crippen LogP contribution is -2.28. The molecular formula is C17H19N3O2S. The van der Waals surface area contributed by atoms with E-state index >= 15 is 0 Å². The molecule has 23 heavy (non-hydrogen) atoms. The first-order valence-electron chi connectivity index (χ1n) is 7.59. The van der Waals surface area contributed by atoms with E-state index in [2.05, 4.69) is 10.3 Å². The van der Waals surface area contributed by atoms with Crippen LogP contribution in [0.4, 0.5) is 5.13 Å². The fourth-order valence-corrected chi connectivity index (χ4v) is 3.46. The summed E-state index contributed by atoms with van der Waals surface area (Å²) in [6.07, 6.45) is 0.266. The van der Waals surface area contributed by atoms with Gasteiger partial charge in [-0.05, 0) is 19.4 Å². The van der Waals surface area contributed by atoms with E-state index in [-0.39, 0.29) is 24.2 Å². The molecule has 0 bridgehead atoms. The van der Waals surface area contributed by atoms with Crippen LogP contribution in [0.3, 0.4) is 0 Å². The third kappa shape index (κ3) is 3.59. The number of amides is 2. The van der Waals surface area contributed by atoms with Gasteiger partial charge in [-0.25, -0.2) is 4.98 Å². The molecule has 2 amide bonds. The Labute approximate surface area is 139 Å². The summed E-state index contributed by atoms with van der Waals surface area (Å²) in [5.41, 5.74) is 2.01. The SMILES string of the molecule is Cc1nc(NC(=O)C2CC(=O)N(Cc3ccccc3)C2)sc1C. The summed E-state index contributed by atoms with van der Waals surface area (Å²) < 4.78 is 0. The zero-order valence-electron chi connectivity index (χ0n) is 13.2. The summed E-state index contributed by atoms with van der Waals surface area (Å²) in [6.45, 7) is 4.91. The van der Waals surface area contributed by atoms with Crippen molar-refractivity contribution in [2.45, 2.75) is 26.8 Å². The summed E-state index contributed by atoms with van der Waals surface area (Å²) >= 11 is 1.46. The monoisotopic (exact) mass is 329 g/mol. The van der Waals surface area contributed by atoms with Gasteiger partial charge >= 0.3 is 0 Å². The molecule has 0 spiro atoms. The van der Waals surface area contributed by atoms with Crippen LogP contribution in [0.15, 0.2) is 30.3 Å². The number of anilines is 1. The molecule has 1 fully saturated rings. The van der Waals surface area contributed by atoms with Crippen LogP contribution in [-0.4, -0.2) is 28.2 Å². The van der Waals surface area contributed by atoms with E-state index in [4.69, 9.17) is 0 Å². The summed E-state index contributed by atoms with van der Waals surface area (Å²) in [7, 11) is 0. The summed E-state index contributed by atoms with van der Waals surface area (Å²) in [6, 6.07) is 9.83. The largest absolute Gasteiger partial charge is 0.338 e. The Bertz CT molecular complexity index is 707. The number of nitrogens with zero attached hydrogens (tertiary/aromatic N) is 2. The predicted molar refractivity (Wildman–Crippen MR) is 90.2 cm³/mol. The van der Waals surface area contributed by atoms with Gasteiger partial charge in [-0.2, -0.15) is 0 Å². The van der Waals surface area contributed by atoms with E-state index in [1.807, 2.05) is 44.2 Å². The minimum absolute atomic E-state index is 0.0282. The number of carbonyl (C=O) groups is 2. The van der Waals surface area contributed by atoms with Crippen LogP contribution in [0, 0.1) is 19.8 Å². The number of likely N-dealkylation sites (tertiary alicyclic amines) is 1. The van der Waals surface area contributed by atoms with E-state index in [0.29, 0.717) is 18.2 Å². The number of thiazole rings is 1. The topological polar surface area (TPSA) is 62.3 Å². The molecule has 1 saturated heterocycles. The molecule has 0 saturated carbocycles. The van der Waals surface area contributed by atoms with Gasteiger partial charge in [-0.3, -0.25) is 9.59 Å². The van der Waals surface area contributed by atoms with E-state index in [9.17, 15) is 9.59 Å². The van der Waals surface area contributed by atoms with Crippen LogP contribution in [0.2, 0.25) is 0 Å². The lowest BCUT2D eigenvalue weighted by Gasteiger charge is -2.16. The second kappa shape index (κ2) is 6.50. The van der Waals surface area contributed by atoms with Gasteiger partial charge in [-0.15, -0.1) is 11.3 Å². The molecule has 6 heteroatoms. The average Bonchev–Trinajstić information content (AvgIpc) is 3.03. The smallest absolute Gasteiger partial charge is 0.231 e. The maximum atomic E-state index is 12.4. The average molecular weight is 329 g/mol. The van der Waals surface area contributed by atoms with Gasteiger partial charge in [0.15, 0.2) is 5.13 Å². The Balaban J connectivity index is 1.61. The summed E-state index contributed by atoms with van der Waals surface area (Å²) in [4.78, 5) is 31.6. The maximum absolute atomic E-state index is 12.4. The molecule has 1 aromatic carbocycles. The first kappa shape index (κ1) is 15.7. The van der Waals surface area contributed by atoms with Crippen molar-refractivity contribution >= 4 is 28.3 Å². The Morgan fingerprint density at radius 2 is 2.09 bits per heavy atom. The number of carbonyl (C=O) groups excluding carboxylic acids is 2. The van der Waals surface area contributed by atoms with Gasteiger partial charge in [0.1, 0.15) is 0 Å². The van der Waals surface area contributed by atoms with Crippen molar-refractivity contribution in [2.75, 3.05) is 11.9 Å². The number of benzene rings is 1. The molecule has 1 N–H and O–H groups in total. The Morgan fingerprint density at radius 3 is 2.74 bits per heavy atom. The molecule has 0 aliphatic carbocycles. The fourth-order valence-electron chi connectivity index (χ4n) is 2.64. The van der Waals surface area contributed by atoms with E-state index in [1.54, 1.807) is 4.90 Å². The van der Waals surface area contributed by atoms with Gasteiger partial charge in [0.05, 0.1) is 11.6 Å². The van der Waals surface area contributed by atoms with Gasteiger partial charge < -0.3 is 10.2 Å². The minimum atomic E-state index is -0.310.